The minimum absolute atomic E-state index is 0.304. The molecular weight excluding hydrogens is 440 g/mol. The summed E-state index contributed by atoms with van der Waals surface area (Å²) in [5.74, 6) is 0.707. The van der Waals surface area contributed by atoms with Gasteiger partial charge in [-0.3, -0.25) is 0 Å². The second kappa shape index (κ2) is 11.5. The lowest BCUT2D eigenvalue weighted by molar-refractivity contribution is 0.213. The molecule has 1 amide bonds. The number of nitrogens with zero attached hydrogens (tertiary/aromatic N) is 5. The van der Waals surface area contributed by atoms with E-state index in [4.69, 9.17) is 11.6 Å². The molecule has 1 N–H and O–H groups in total. The number of halogens is 1. The van der Waals surface area contributed by atoms with E-state index in [-0.39, 0.29) is 0 Å². The first-order valence-electron chi connectivity index (χ1n) is 11.5. The van der Waals surface area contributed by atoms with Gasteiger partial charge in [-0.2, -0.15) is 5.10 Å². The van der Waals surface area contributed by atoms with Crippen LogP contribution in [0.25, 0.3) is 0 Å². The van der Waals surface area contributed by atoms with E-state index in [1.54, 1.807) is 19.0 Å². The van der Waals surface area contributed by atoms with Crippen LogP contribution in [-0.2, 0) is 6.42 Å². The van der Waals surface area contributed by atoms with Gasteiger partial charge in [0.2, 0.25) is 5.95 Å². The average Bonchev–Trinajstić information content (AvgIpc) is 3.08. The van der Waals surface area contributed by atoms with Crippen molar-refractivity contribution in [2.24, 2.45) is 11.0 Å². The Labute approximate surface area is 201 Å². The summed E-state index contributed by atoms with van der Waals surface area (Å²) in [5.41, 5.74) is 0.897. The monoisotopic (exact) mass is 476 g/mol. The Balaban J connectivity index is 2.31. The summed E-state index contributed by atoms with van der Waals surface area (Å²) in [6, 6.07) is 7.18. The highest BCUT2D eigenvalue weighted by atomic mass is 35.5. The van der Waals surface area contributed by atoms with Gasteiger partial charge >= 0.3 is 11.7 Å². The SMILES string of the molecule is CCC(CC)(CCc1ccc(Cl)cc1)NC(=O)n1nc(N(C)C)n(N=C(C)CC(C)C)c1=O. The van der Waals surface area contributed by atoms with Crippen molar-refractivity contribution < 1.29 is 4.79 Å². The summed E-state index contributed by atoms with van der Waals surface area (Å²) in [7, 11) is 3.53. The molecule has 0 aliphatic heterocycles. The fourth-order valence-corrected chi connectivity index (χ4v) is 3.93. The number of carbonyl (C=O) groups excluding carboxylic acids is 1. The van der Waals surface area contributed by atoms with Crippen LogP contribution in [0.2, 0.25) is 5.02 Å². The van der Waals surface area contributed by atoms with Crippen LogP contribution in [0.3, 0.4) is 0 Å². The number of hydrogen-bond acceptors (Lipinski definition) is 5. The Morgan fingerprint density at radius 1 is 1.21 bits per heavy atom. The van der Waals surface area contributed by atoms with Crippen LogP contribution in [0, 0.1) is 5.92 Å². The molecule has 0 radical (unpaired) electrons. The predicted molar refractivity (Wildman–Crippen MR) is 136 cm³/mol. The molecule has 33 heavy (non-hydrogen) atoms. The summed E-state index contributed by atoms with van der Waals surface area (Å²) in [5, 5.41) is 12.5. The topological polar surface area (TPSA) is 84.5 Å². The van der Waals surface area contributed by atoms with Crippen LogP contribution in [0.4, 0.5) is 10.7 Å². The summed E-state index contributed by atoms with van der Waals surface area (Å²) in [6.07, 6.45) is 3.71. The third-order valence-electron chi connectivity index (χ3n) is 5.84. The van der Waals surface area contributed by atoms with Crippen molar-refractivity contribution in [1.82, 2.24) is 19.8 Å². The third kappa shape index (κ3) is 6.93. The number of aryl methyl sites for hydroxylation is 1. The molecular formula is C24H37ClN6O2. The van der Waals surface area contributed by atoms with Gasteiger partial charge < -0.3 is 10.2 Å². The third-order valence-corrected chi connectivity index (χ3v) is 6.09. The van der Waals surface area contributed by atoms with E-state index < -0.39 is 17.3 Å². The zero-order valence-electron chi connectivity index (χ0n) is 20.9. The van der Waals surface area contributed by atoms with E-state index in [0.717, 1.165) is 48.1 Å². The fourth-order valence-electron chi connectivity index (χ4n) is 3.81. The van der Waals surface area contributed by atoms with E-state index in [1.807, 2.05) is 45.0 Å². The van der Waals surface area contributed by atoms with Gasteiger partial charge in [-0.05, 0) is 62.6 Å². The molecule has 0 fully saturated rings. The molecule has 1 aromatic heterocycles. The number of anilines is 1. The first-order valence-corrected chi connectivity index (χ1v) is 11.9. The van der Waals surface area contributed by atoms with E-state index in [1.165, 1.54) is 4.68 Å². The molecule has 8 nitrogen and oxygen atoms in total. The lowest BCUT2D eigenvalue weighted by atomic mass is 9.86. The summed E-state index contributed by atoms with van der Waals surface area (Å²) in [4.78, 5) is 28.0. The lowest BCUT2D eigenvalue weighted by Crippen LogP contribution is -2.51. The number of benzene rings is 1. The molecule has 0 atom stereocenters. The quantitative estimate of drug-likeness (QED) is 0.500. The van der Waals surface area contributed by atoms with Crippen LogP contribution in [0.1, 0.15) is 65.9 Å². The van der Waals surface area contributed by atoms with Crippen molar-refractivity contribution in [2.45, 2.75) is 72.3 Å². The standard InChI is InChI=1S/C24H37ClN6O2/c1-8-24(9-2,15-14-19-10-12-20(25)13-11-19)26-22(32)31-23(33)30(21(28-31)29(6)7)27-18(5)16-17(3)4/h10-13,17H,8-9,14-16H2,1-7H3,(H,26,32). The largest absolute Gasteiger partial charge is 0.377 e. The average molecular weight is 477 g/mol. The molecule has 0 saturated heterocycles. The van der Waals surface area contributed by atoms with Crippen LogP contribution < -0.4 is 15.9 Å². The maximum atomic E-state index is 13.2. The van der Waals surface area contributed by atoms with Gasteiger partial charge in [0.15, 0.2) is 0 Å². The van der Waals surface area contributed by atoms with Gasteiger partial charge in [-0.25, -0.2) is 9.59 Å². The highest BCUT2D eigenvalue weighted by molar-refractivity contribution is 6.30. The Morgan fingerprint density at radius 3 is 2.33 bits per heavy atom. The molecule has 0 unspecified atom stereocenters. The van der Waals surface area contributed by atoms with Gasteiger partial charge in [0.25, 0.3) is 0 Å². The van der Waals surface area contributed by atoms with Gasteiger partial charge in [0.05, 0.1) is 0 Å². The second-order valence-electron chi connectivity index (χ2n) is 9.18. The summed E-state index contributed by atoms with van der Waals surface area (Å²) >= 11 is 5.99. The molecule has 1 heterocycles. The van der Waals surface area contributed by atoms with Crippen LogP contribution in [0.5, 0.6) is 0 Å². The van der Waals surface area contributed by atoms with Crippen LogP contribution in [0.15, 0.2) is 34.2 Å². The Bertz CT molecular complexity index is 1020. The molecule has 0 aliphatic carbocycles. The molecule has 0 saturated carbocycles. The molecule has 1 aromatic carbocycles. The molecule has 2 aromatic rings. The summed E-state index contributed by atoms with van der Waals surface area (Å²) in [6.45, 7) is 10.1. The molecule has 0 aliphatic rings. The zero-order valence-corrected chi connectivity index (χ0v) is 21.6. The maximum Gasteiger partial charge on any atom is 0.377 e. The van der Waals surface area contributed by atoms with Crippen LogP contribution >= 0.6 is 11.6 Å². The van der Waals surface area contributed by atoms with Crippen molar-refractivity contribution >= 4 is 29.3 Å². The van der Waals surface area contributed by atoms with Crippen molar-refractivity contribution in [1.29, 1.82) is 0 Å². The number of aromatic nitrogens is 3. The van der Waals surface area contributed by atoms with Gasteiger partial charge in [-0.15, -0.1) is 14.5 Å². The molecule has 182 valence electrons. The van der Waals surface area contributed by atoms with E-state index in [0.29, 0.717) is 16.9 Å². The van der Waals surface area contributed by atoms with Gasteiger partial charge in [0, 0.05) is 30.4 Å². The molecule has 2 rings (SSSR count). The predicted octanol–water partition coefficient (Wildman–Crippen LogP) is 4.78. The minimum atomic E-state index is -0.585. The molecule has 0 bridgehead atoms. The van der Waals surface area contributed by atoms with Crippen LogP contribution in [-0.4, -0.2) is 45.8 Å². The highest BCUT2D eigenvalue weighted by Crippen LogP contribution is 2.23. The van der Waals surface area contributed by atoms with E-state index >= 15 is 0 Å². The van der Waals surface area contributed by atoms with Crippen molar-refractivity contribution in [2.75, 3.05) is 19.0 Å². The van der Waals surface area contributed by atoms with Gasteiger partial charge in [-0.1, -0.05) is 51.4 Å². The highest BCUT2D eigenvalue weighted by Gasteiger charge is 2.30. The zero-order chi connectivity index (χ0) is 24.8. The van der Waals surface area contributed by atoms with Crippen molar-refractivity contribution in [3.63, 3.8) is 0 Å². The smallest absolute Gasteiger partial charge is 0.346 e. The summed E-state index contributed by atoms with van der Waals surface area (Å²) < 4.78 is 2.08. The minimum Gasteiger partial charge on any atom is -0.346 e. The van der Waals surface area contributed by atoms with Gasteiger partial charge in [0.1, 0.15) is 0 Å². The first-order chi connectivity index (χ1) is 15.5. The molecule has 9 heteroatoms. The Morgan fingerprint density at radius 2 is 1.82 bits per heavy atom. The normalized spacial score (nSPS) is 12.3. The van der Waals surface area contributed by atoms with E-state index in [2.05, 4.69) is 29.4 Å². The molecule has 0 spiro atoms. The maximum absolute atomic E-state index is 13.2. The Hall–Kier alpha value is -2.61. The number of hydrogen-bond donors (Lipinski definition) is 1. The number of rotatable bonds is 10. The van der Waals surface area contributed by atoms with E-state index in [9.17, 15) is 9.59 Å². The first kappa shape index (κ1) is 26.6. The number of nitrogens with one attached hydrogen (secondary N) is 1. The fraction of sp³-hybridized carbons (Fsp3) is 0.583. The second-order valence-corrected chi connectivity index (χ2v) is 9.61. The number of carbonyl (C=O) groups is 1. The lowest BCUT2D eigenvalue weighted by Gasteiger charge is -2.32. The number of amides is 1. The van der Waals surface area contributed by atoms with Crippen molar-refractivity contribution in [3.8, 4) is 0 Å². The van der Waals surface area contributed by atoms with Crippen molar-refractivity contribution in [3.05, 3.63) is 45.3 Å². The Kier molecular flexibility index (Phi) is 9.28.